The van der Waals surface area contributed by atoms with E-state index in [2.05, 4.69) is 26.1 Å². The Bertz CT molecular complexity index is 1530. The van der Waals surface area contributed by atoms with Crippen molar-refractivity contribution in [2.75, 3.05) is 91.6 Å². The van der Waals surface area contributed by atoms with Gasteiger partial charge in [0.25, 0.3) is 0 Å². The number of hydrogen-bond donors (Lipinski definition) is 1. The van der Waals surface area contributed by atoms with E-state index in [0.29, 0.717) is 85.5 Å². The molecule has 5 heterocycles. The molecule has 8 rings (SSSR count). The fraction of sp³-hybridized carbons (Fsp3) is 0.878. The van der Waals surface area contributed by atoms with Gasteiger partial charge >= 0.3 is 18.0 Å². The van der Waals surface area contributed by atoms with Gasteiger partial charge in [-0.2, -0.15) is 0 Å². The van der Waals surface area contributed by atoms with Crippen LogP contribution < -0.4 is 5.32 Å². The van der Waals surface area contributed by atoms with Crippen molar-refractivity contribution in [1.82, 2.24) is 5.32 Å². The lowest BCUT2D eigenvalue weighted by Gasteiger charge is -2.53. The van der Waals surface area contributed by atoms with Crippen molar-refractivity contribution in [3.8, 4) is 0 Å². The normalized spacial score (nSPS) is 37.2. The Balaban J connectivity index is 0.638. The van der Waals surface area contributed by atoms with Gasteiger partial charge < -0.3 is 57.4 Å². The number of rotatable bonds is 25. The Hall–Kier alpha value is -1.67. The highest BCUT2D eigenvalue weighted by molar-refractivity contribution is 8.77. The van der Waals surface area contributed by atoms with Crippen molar-refractivity contribution in [3.63, 3.8) is 0 Å². The average Bonchev–Trinajstić information content (AvgIpc) is 4.15. The van der Waals surface area contributed by atoms with Gasteiger partial charge in [0, 0.05) is 35.0 Å². The molecule has 0 aromatic heterocycles. The predicted octanol–water partition coefficient (Wildman–Crippen LogP) is 4.18. The van der Waals surface area contributed by atoms with Crippen LogP contribution in [-0.4, -0.2) is 156 Å². The van der Waals surface area contributed by atoms with Gasteiger partial charge in [0.2, 0.25) is 0 Å². The van der Waals surface area contributed by atoms with E-state index >= 15 is 0 Å². The Labute approximate surface area is 349 Å². The molecule has 10 atom stereocenters. The van der Waals surface area contributed by atoms with Crippen LogP contribution in [0.4, 0.5) is 4.79 Å². The van der Waals surface area contributed by atoms with Gasteiger partial charge in [-0.1, -0.05) is 48.8 Å². The molecule has 15 nitrogen and oxygen atoms in total. The lowest BCUT2D eigenvalue weighted by molar-refractivity contribution is -0.145. The van der Waals surface area contributed by atoms with Crippen LogP contribution in [0.3, 0.4) is 0 Å². The summed E-state index contributed by atoms with van der Waals surface area (Å²) in [5.41, 5.74) is -0.480. The topological polar surface area (TPSA) is 175 Å². The molecule has 17 heteroatoms. The van der Waals surface area contributed by atoms with Gasteiger partial charge in [0.1, 0.15) is 36.6 Å². The first-order valence-corrected chi connectivity index (χ1v) is 23.8. The molecule has 5 aliphatic heterocycles. The number of nitrogens with one attached hydrogen (secondary N) is 1. The lowest BCUT2D eigenvalue weighted by Crippen LogP contribution is -2.70. The van der Waals surface area contributed by atoms with Crippen molar-refractivity contribution in [2.45, 2.75) is 119 Å². The summed E-state index contributed by atoms with van der Waals surface area (Å²) in [6, 6.07) is 0. The minimum atomic E-state index is -0.787. The van der Waals surface area contributed by atoms with E-state index in [1.54, 1.807) is 0 Å². The second kappa shape index (κ2) is 18.4. The number of carbonyl (C=O) groups is 3. The van der Waals surface area contributed by atoms with Crippen molar-refractivity contribution in [3.05, 3.63) is 11.1 Å². The van der Waals surface area contributed by atoms with Crippen LogP contribution in [0.2, 0.25) is 0 Å². The number of epoxide rings is 3. The predicted molar refractivity (Wildman–Crippen MR) is 211 cm³/mol. The Morgan fingerprint density at radius 3 is 2.24 bits per heavy atom. The number of hydrogen-bond acceptors (Lipinski definition) is 16. The average molecular weight is 856 g/mol. The molecule has 0 aromatic rings. The highest BCUT2D eigenvalue weighted by Gasteiger charge is 3.01. The van der Waals surface area contributed by atoms with Gasteiger partial charge in [-0.3, -0.25) is 4.79 Å². The number of alkyl carbamates (subject to hydrolysis) is 1. The minimum Gasteiger partial charge on any atom is -0.463 e. The molecule has 1 N–H and O–H groups in total. The van der Waals surface area contributed by atoms with E-state index in [1.807, 2.05) is 21.6 Å². The first kappa shape index (κ1) is 43.0. The third-order valence-corrected chi connectivity index (χ3v) is 16.7. The molecule has 0 aromatic carbocycles. The van der Waals surface area contributed by atoms with Crippen molar-refractivity contribution >= 4 is 39.6 Å². The Kier molecular flexibility index (Phi) is 13.6. The molecule has 326 valence electrons. The zero-order valence-electron chi connectivity index (χ0n) is 34.1. The van der Waals surface area contributed by atoms with Crippen molar-refractivity contribution in [2.24, 2.45) is 17.3 Å². The lowest BCUT2D eigenvalue weighted by atomic mass is 9.46. The monoisotopic (exact) mass is 855 g/mol. The summed E-state index contributed by atoms with van der Waals surface area (Å²) in [7, 11) is 3.93. The molecule has 8 aliphatic rings. The molecule has 58 heavy (non-hydrogen) atoms. The van der Waals surface area contributed by atoms with Gasteiger partial charge in [-0.25, -0.2) is 9.59 Å². The van der Waals surface area contributed by atoms with Crippen molar-refractivity contribution < 1.29 is 66.5 Å². The highest BCUT2D eigenvalue weighted by atomic mass is 33.1. The van der Waals surface area contributed by atoms with Gasteiger partial charge in [0.05, 0.1) is 72.2 Å². The molecule has 1 amide bonds. The second-order valence-corrected chi connectivity index (χ2v) is 19.9. The standard InChI is InChI=1S/C41H61NO14S2/c1-26(2)39-33(55-39)34-41(56-34)38(3)10-8-28-29(25-52-35(28)44)30(38)24-31-40(41,54-31)36(39)53-37(45)42-11-12-46-13-14-47-15-16-48-17-18-49-19-20-50-21-22-51-32(43)7-5-4-6-27-9-23-57-58-27/h26-27,30-31,33-34,36H,4-25H2,1-3H3,(H,42,45)/t27?,30-,31-,33-,34-,36+,38-,39-,40+,41+/m0/s1. The fourth-order valence-electron chi connectivity index (χ4n) is 10.7. The van der Waals surface area contributed by atoms with E-state index in [1.165, 1.54) is 18.6 Å². The van der Waals surface area contributed by atoms with Gasteiger partial charge in [0.15, 0.2) is 11.7 Å². The van der Waals surface area contributed by atoms with E-state index in [4.69, 9.17) is 52.1 Å². The van der Waals surface area contributed by atoms with E-state index in [-0.39, 0.29) is 60.7 Å². The molecular weight excluding hydrogens is 795 g/mol. The summed E-state index contributed by atoms with van der Waals surface area (Å²) >= 11 is 0. The molecule has 2 spiro atoms. The number of cyclic esters (lactones) is 1. The van der Waals surface area contributed by atoms with Crippen LogP contribution in [0.15, 0.2) is 11.1 Å². The zero-order valence-corrected chi connectivity index (χ0v) is 35.8. The number of fused-ring (bicyclic) bond motifs is 4. The molecule has 0 radical (unpaired) electrons. The molecular formula is C41H61NO14S2. The molecule has 0 bridgehead atoms. The van der Waals surface area contributed by atoms with Crippen LogP contribution in [-0.2, 0) is 61.7 Å². The first-order valence-electron chi connectivity index (χ1n) is 21.4. The summed E-state index contributed by atoms with van der Waals surface area (Å²) in [4.78, 5) is 37.6. The third kappa shape index (κ3) is 8.08. The smallest absolute Gasteiger partial charge is 0.407 e. The maximum Gasteiger partial charge on any atom is 0.407 e. The maximum absolute atomic E-state index is 13.3. The van der Waals surface area contributed by atoms with Crippen LogP contribution in [0.5, 0.6) is 0 Å². The second-order valence-electron chi connectivity index (χ2n) is 17.1. The van der Waals surface area contributed by atoms with Gasteiger partial charge in [-0.15, -0.1) is 0 Å². The first-order chi connectivity index (χ1) is 28.2. The summed E-state index contributed by atoms with van der Waals surface area (Å²) in [6.45, 7) is 11.4. The van der Waals surface area contributed by atoms with Crippen LogP contribution in [0.25, 0.3) is 0 Å². The summed E-state index contributed by atoms with van der Waals surface area (Å²) in [5.74, 6) is 1.09. The summed E-state index contributed by atoms with van der Waals surface area (Å²) in [5, 5.41) is 3.61. The van der Waals surface area contributed by atoms with E-state index in [0.717, 1.165) is 42.1 Å². The summed E-state index contributed by atoms with van der Waals surface area (Å²) < 4.78 is 64.7. The van der Waals surface area contributed by atoms with Crippen LogP contribution in [0.1, 0.15) is 72.1 Å². The number of amides is 1. The Morgan fingerprint density at radius 1 is 0.879 bits per heavy atom. The van der Waals surface area contributed by atoms with E-state index in [9.17, 15) is 14.4 Å². The number of unbranched alkanes of at least 4 members (excludes halogenated alkanes) is 1. The molecule has 4 saturated heterocycles. The zero-order chi connectivity index (χ0) is 40.4. The number of esters is 2. The highest BCUT2D eigenvalue weighted by Crippen LogP contribution is 2.83. The number of ether oxygens (including phenoxy) is 11. The Morgan fingerprint density at radius 2 is 1.57 bits per heavy atom. The minimum absolute atomic E-state index is 0.0800. The van der Waals surface area contributed by atoms with Crippen LogP contribution in [0, 0.1) is 17.3 Å². The van der Waals surface area contributed by atoms with Crippen molar-refractivity contribution in [1.29, 1.82) is 0 Å². The van der Waals surface area contributed by atoms with Crippen LogP contribution >= 0.6 is 21.6 Å². The molecule has 2 saturated carbocycles. The maximum atomic E-state index is 13.3. The fourth-order valence-corrected chi connectivity index (χ4v) is 13.7. The quantitative estimate of drug-likeness (QED) is 0.0455. The van der Waals surface area contributed by atoms with Gasteiger partial charge in [-0.05, 0) is 55.9 Å². The molecule has 6 fully saturated rings. The number of carbonyl (C=O) groups excluding carboxylic acids is 3. The third-order valence-electron chi connectivity index (χ3n) is 13.7. The SMILES string of the molecule is CC(C)[C@]12O[C@H]1[C@@H]1O[C@]13[C@]1(O[C@H]1C[C@H]1C4=C(CC[C@@]13C)C(=O)OC4)[C@@H]2OC(=O)NCCOCCOCCOCCOCCOCCOC(=O)CCCCC1CCSS1. The summed E-state index contributed by atoms with van der Waals surface area (Å²) in [6.07, 6.45) is 5.43. The largest absolute Gasteiger partial charge is 0.463 e. The van der Waals surface area contributed by atoms with E-state index < -0.39 is 29.0 Å². The molecule has 1 unspecified atom stereocenters. The molecule has 3 aliphatic carbocycles.